The molecule has 0 aromatic heterocycles. The van der Waals surface area contributed by atoms with Crippen molar-refractivity contribution in [3.63, 3.8) is 0 Å². The van der Waals surface area contributed by atoms with Crippen LogP contribution in [-0.2, 0) is 0 Å². The molecule has 4 heteroatoms. The predicted octanol–water partition coefficient (Wildman–Crippen LogP) is 3.28. The number of nitro benzene ring substituents is 1. The molecule has 86 valence electrons. The highest BCUT2D eigenvalue weighted by molar-refractivity contribution is 5.72. The average molecular weight is 229 g/mol. The number of hydrogen-bond donors (Lipinski definition) is 1. The van der Waals surface area contributed by atoms with Crippen LogP contribution in [-0.4, -0.2) is 10.0 Å². The minimum atomic E-state index is -0.448. The summed E-state index contributed by atoms with van der Waals surface area (Å²) in [5, 5.41) is 20.4. The number of nitrogens with zero attached hydrogens (tertiary/aromatic N) is 1. The Balaban J connectivity index is 2.56. The largest absolute Gasteiger partial charge is 0.507 e. The maximum Gasteiger partial charge on any atom is 0.270 e. The Bertz CT molecular complexity index is 579. The summed E-state index contributed by atoms with van der Waals surface area (Å²) in [7, 11) is 0. The molecule has 0 aliphatic carbocycles. The SMILES string of the molecule is Cc1ccc(O)c(-c2cccc([N+](=O)[O-])c2)c1. The van der Waals surface area contributed by atoms with E-state index in [1.807, 2.05) is 6.92 Å². The monoisotopic (exact) mass is 229 g/mol. The van der Waals surface area contributed by atoms with E-state index >= 15 is 0 Å². The molecule has 0 aliphatic heterocycles. The van der Waals surface area contributed by atoms with E-state index in [1.165, 1.54) is 12.1 Å². The summed E-state index contributed by atoms with van der Waals surface area (Å²) >= 11 is 0. The van der Waals surface area contributed by atoms with E-state index in [2.05, 4.69) is 0 Å². The fourth-order valence-corrected chi connectivity index (χ4v) is 1.67. The van der Waals surface area contributed by atoms with Crippen molar-refractivity contribution >= 4 is 5.69 Å². The zero-order chi connectivity index (χ0) is 12.4. The van der Waals surface area contributed by atoms with Gasteiger partial charge < -0.3 is 5.11 Å². The number of hydrogen-bond acceptors (Lipinski definition) is 3. The molecule has 1 N–H and O–H groups in total. The molecule has 0 amide bonds. The number of phenols is 1. The molecule has 0 unspecified atom stereocenters. The third-order valence-electron chi connectivity index (χ3n) is 2.52. The highest BCUT2D eigenvalue weighted by atomic mass is 16.6. The number of benzene rings is 2. The van der Waals surface area contributed by atoms with Crippen LogP contribution in [0.3, 0.4) is 0 Å². The Labute approximate surface area is 98.3 Å². The molecule has 0 saturated heterocycles. The number of rotatable bonds is 2. The fourth-order valence-electron chi connectivity index (χ4n) is 1.67. The molecular formula is C13H11NO3. The van der Waals surface area contributed by atoms with Gasteiger partial charge in [-0.05, 0) is 24.6 Å². The molecule has 0 fully saturated rings. The van der Waals surface area contributed by atoms with Crippen molar-refractivity contribution < 1.29 is 10.0 Å². The summed E-state index contributed by atoms with van der Waals surface area (Å²) in [5.41, 5.74) is 2.25. The van der Waals surface area contributed by atoms with Crippen molar-refractivity contribution in [2.75, 3.05) is 0 Å². The first-order chi connectivity index (χ1) is 8.08. The smallest absolute Gasteiger partial charge is 0.270 e. The Hall–Kier alpha value is -2.36. The van der Waals surface area contributed by atoms with Gasteiger partial charge in [0.25, 0.3) is 5.69 Å². The van der Waals surface area contributed by atoms with Gasteiger partial charge in [-0.3, -0.25) is 10.1 Å². The number of nitro groups is 1. The lowest BCUT2D eigenvalue weighted by Crippen LogP contribution is -1.88. The highest BCUT2D eigenvalue weighted by Crippen LogP contribution is 2.31. The Morgan fingerprint density at radius 2 is 1.94 bits per heavy atom. The fraction of sp³-hybridized carbons (Fsp3) is 0.0769. The van der Waals surface area contributed by atoms with E-state index in [0.29, 0.717) is 11.1 Å². The van der Waals surface area contributed by atoms with Gasteiger partial charge in [0.05, 0.1) is 4.92 Å². The molecule has 0 saturated carbocycles. The first-order valence-corrected chi connectivity index (χ1v) is 5.12. The minimum absolute atomic E-state index is 0.0170. The average Bonchev–Trinajstić information content (AvgIpc) is 2.32. The first-order valence-electron chi connectivity index (χ1n) is 5.12. The number of aryl methyl sites for hydroxylation is 1. The molecule has 2 aromatic rings. The van der Waals surface area contributed by atoms with Gasteiger partial charge in [0.1, 0.15) is 5.75 Å². The molecule has 4 nitrogen and oxygen atoms in total. The Morgan fingerprint density at radius 1 is 1.18 bits per heavy atom. The van der Waals surface area contributed by atoms with E-state index in [0.717, 1.165) is 5.56 Å². The standard InChI is InChI=1S/C13H11NO3/c1-9-5-6-13(15)12(7-9)10-3-2-4-11(8-10)14(16)17/h2-8,15H,1H3. The molecule has 0 radical (unpaired) electrons. The van der Waals surface area contributed by atoms with Crippen LogP contribution < -0.4 is 0 Å². The zero-order valence-corrected chi connectivity index (χ0v) is 9.25. The van der Waals surface area contributed by atoms with Crippen LogP contribution in [0.25, 0.3) is 11.1 Å². The van der Waals surface area contributed by atoms with Crippen molar-refractivity contribution in [2.24, 2.45) is 0 Å². The quantitative estimate of drug-likeness (QED) is 0.634. The van der Waals surface area contributed by atoms with Crippen LogP contribution in [0.15, 0.2) is 42.5 Å². The predicted molar refractivity (Wildman–Crippen MR) is 64.9 cm³/mol. The third kappa shape index (κ3) is 2.25. The summed E-state index contributed by atoms with van der Waals surface area (Å²) < 4.78 is 0. The molecule has 0 aliphatic rings. The van der Waals surface area contributed by atoms with Gasteiger partial charge in [-0.25, -0.2) is 0 Å². The molecule has 2 rings (SSSR count). The topological polar surface area (TPSA) is 63.4 Å². The lowest BCUT2D eigenvalue weighted by atomic mass is 10.0. The van der Waals surface area contributed by atoms with Crippen LogP contribution >= 0.6 is 0 Å². The molecule has 17 heavy (non-hydrogen) atoms. The first kappa shape index (κ1) is 11.1. The molecule has 0 atom stereocenters. The lowest BCUT2D eigenvalue weighted by molar-refractivity contribution is -0.384. The Morgan fingerprint density at radius 3 is 2.65 bits per heavy atom. The van der Waals surface area contributed by atoms with Gasteiger partial charge in [-0.15, -0.1) is 0 Å². The maximum absolute atomic E-state index is 10.7. The molecule has 0 heterocycles. The van der Waals surface area contributed by atoms with E-state index in [9.17, 15) is 15.2 Å². The van der Waals surface area contributed by atoms with Gasteiger partial charge in [0.2, 0.25) is 0 Å². The summed E-state index contributed by atoms with van der Waals surface area (Å²) in [6.45, 7) is 1.90. The number of aromatic hydroxyl groups is 1. The maximum atomic E-state index is 10.7. The van der Waals surface area contributed by atoms with E-state index in [-0.39, 0.29) is 11.4 Å². The minimum Gasteiger partial charge on any atom is -0.507 e. The van der Waals surface area contributed by atoms with Gasteiger partial charge in [-0.1, -0.05) is 23.8 Å². The van der Waals surface area contributed by atoms with Crippen molar-refractivity contribution in [1.82, 2.24) is 0 Å². The summed E-state index contributed by atoms with van der Waals surface area (Å²) in [4.78, 5) is 10.2. The van der Waals surface area contributed by atoms with Crippen molar-refractivity contribution in [3.05, 3.63) is 58.1 Å². The summed E-state index contributed by atoms with van der Waals surface area (Å²) in [6, 6.07) is 11.4. The molecule has 0 bridgehead atoms. The van der Waals surface area contributed by atoms with Crippen LogP contribution in [0.2, 0.25) is 0 Å². The second-order valence-corrected chi connectivity index (χ2v) is 3.83. The third-order valence-corrected chi connectivity index (χ3v) is 2.52. The van der Waals surface area contributed by atoms with Gasteiger partial charge in [-0.2, -0.15) is 0 Å². The van der Waals surface area contributed by atoms with Crippen molar-refractivity contribution in [3.8, 4) is 16.9 Å². The van der Waals surface area contributed by atoms with E-state index in [1.54, 1.807) is 30.3 Å². The summed E-state index contributed by atoms with van der Waals surface area (Å²) in [6.07, 6.45) is 0. The van der Waals surface area contributed by atoms with Crippen molar-refractivity contribution in [2.45, 2.75) is 6.92 Å². The van der Waals surface area contributed by atoms with Crippen LogP contribution in [0.5, 0.6) is 5.75 Å². The van der Waals surface area contributed by atoms with Crippen LogP contribution in [0, 0.1) is 17.0 Å². The Kier molecular flexibility index (Phi) is 2.78. The number of phenolic OH excluding ortho intramolecular Hbond substituents is 1. The van der Waals surface area contributed by atoms with Crippen molar-refractivity contribution in [1.29, 1.82) is 0 Å². The molecule has 0 spiro atoms. The van der Waals surface area contributed by atoms with Gasteiger partial charge in [0.15, 0.2) is 0 Å². The second kappa shape index (κ2) is 4.25. The van der Waals surface area contributed by atoms with Gasteiger partial charge >= 0.3 is 0 Å². The van der Waals surface area contributed by atoms with E-state index in [4.69, 9.17) is 0 Å². The summed E-state index contributed by atoms with van der Waals surface area (Å²) in [5.74, 6) is 0.121. The highest BCUT2D eigenvalue weighted by Gasteiger charge is 2.09. The van der Waals surface area contributed by atoms with E-state index < -0.39 is 4.92 Å². The lowest BCUT2D eigenvalue weighted by Gasteiger charge is -2.05. The number of non-ortho nitro benzene ring substituents is 1. The van der Waals surface area contributed by atoms with Gasteiger partial charge in [0, 0.05) is 17.7 Å². The van der Waals surface area contributed by atoms with Crippen LogP contribution in [0.4, 0.5) is 5.69 Å². The van der Waals surface area contributed by atoms with Crippen LogP contribution in [0.1, 0.15) is 5.56 Å². The molecule has 2 aromatic carbocycles. The second-order valence-electron chi connectivity index (χ2n) is 3.83. The zero-order valence-electron chi connectivity index (χ0n) is 9.25. The molecular weight excluding hydrogens is 218 g/mol. The normalized spacial score (nSPS) is 10.2.